The molecule has 4 heterocycles. The van der Waals surface area contributed by atoms with Crippen molar-refractivity contribution in [2.24, 2.45) is 0 Å². The number of pyridine rings is 2. The maximum atomic E-state index is 6.61. The van der Waals surface area contributed by atoms with Gasteiger partial charge in [0.1, 0.15) is 34.5 Å². The van der Waals surface area contributed by atoms with Gasteiger partial charge in [0.15, 0.2) is 0 Å². The second-order valence-electron chi connectivity index (χ2n) is 16.1. The molecular weight excluding hydrogens is 735 g/mol. The molecule has 0 atom stereocenters. The lowest BCUT2D eigenvalue weighted by Crippen LogP contribution is -2.00. The van der Waals surface area contributed by atoms with Gasteiger partial charge in [0.2, 0.25) is 17.7 Å². The lowest BCUT2D eigenvalue weighted by molar-refractivity contribution is 0.446. The molecule has 4 aromatic heterocycles. The first-order chi connectivity index (χ1) is 28.5. The zero-order chi connectivity index (χ0) is 41.2. The number of ether oxygens (including phenoxy) is 4. The summed E-state index contributed by atoms with van der Waals surface area (Å²) in [7, 11) is 0. The molecule has 0 unspecified atom stereocenters. The molecule has 4 aromatic carbocycles. The van der Waals surface area contributed by atoms with Gasteiger partial charge in [-0.05, 0) is 113 Å². The van der Waals surface area contributed by atoms with Crippen molar-refractivity contribution in [2.45, 2.75) is 79.1 Å². The molecule has 0 radical (unpaired) electrons. The summed E-state index contributed by atoms with van der Waals surface area (Å²) in [6.45, 7) is 17.2. The molecule has 9 heteroatoms. The molecule has 0 aliphatic carbocycles. The van der Waals surface area contributed by atoms with Gasteiger partial charge < -0.3 is 18.9 Å². The van der Waals surface area contributed by atoms with E-state index in [1.807, 2.05) is 83.4 Å². The van der Waals surface area contributed by atoms with Crippen molar-refractivity contribution >= 4 is 21.8 Å². The van der Waals surface area contributed by atoms with Crippen molar-refractivity contribution in [3.05, 3.63) is 150 Å². The van der Waals surface area contributed by atoms with Gasteiger partial charge in [0.05, 0.1) is 11.0 Å². The average Bonchev–Trinajstić information content (AvgIpc) is 3.53. The predicted molar refractivity (Wildman–Crippen MR) is 234 cm³/mol. The highest BCUT2D eigenvalue weighted by atomic mass is 16.5. The fourth-order valence-corrected chi connectivity index (χ4v) is 7.01. The topological polar surface area (TPSA) is 93.4 Å². The molecule has 0 aliphatic heterocycles. The zero-order valence-electron chi connectivity index (χ0n) is 34.8. The van der Waals surface area contributed by atoms with Gasteiger partial charge in [-0.3, -0.25) is 4.57 Å². The molecular formula is C50H49N5O4. The van der Waals surface area contributed by atoms with Crippen LogP contribution < -0.4 is 18.9 Å². The summed E-state index contributed by atoms with van der Waals surface area (Å²) in [5.41, 5.74) is 6.29. The van der Waals surface area contributed by atoms with Crippen molar-refractivity contribution in [1.29, 1.82) is 0 Å². The third-order valence-electron chi connectivity index (χ3n) is 10.4. The second-order valence-corrected chi connectivity index (χ2v) is 16.1. The van der Waals surface area contributed by atoms with E-state index in [1.54, 1.807) is 24.8 Å². The monoisotopic (exact) mass is 783 g/mol. The van der Waals surface area contributed by atoms with E-state index in [9.17, 15) is 0 Å². The Labute approximate surface area is 345 Å². The standard InChI is InChI=1S/C50H49N5O4/c1-30(2)34-14-18-51-48(24-34)58-42-22-36(32(5)6)20-40(26-42)56-38-10-12-44-45-13-11-39(29-47(45)55(46(44)28-38)50-53-16-9-17-54-50)57-41-21-37(33(7)8)23-43(27-41)59-49-25-35(31(3)4)15-19-52-49/h9-33H,1-8H3. The summed E-state index contributed by atoms with van der Waals surface area (Å²) >= 11 is 0. The highest BCUT2D eigenvalue weighted by molar-refractivity contribution is 6.09. The number of rotatable bonds is 13. The summed E-state index contributed by atoms with van der Waals surface area (Å²) in [6, 6.07) is 34.0. The molecule has 0 bridgehead atoms. The molecule has 0 amide bonds. The smallest absolute Gasteiger partial charge is 0.234 e. The number of aromatic nitrogens is 5. The van der Waals surface area contributed by atoms with Crippen molar-refractivity contribution in [3.63, 3.8) is 0 Å². The summed E-state index contributed by atoms with van der Waals surface area (Å²) in [6.07, 6.45) is 7.07. The molecule has 59 heavy (non-hydrogen) atoms. The van der Waals surface area contributed by atoms with Crippen molar-refractivity contribution in [1.82, 2.24) is 24.5 Å². The van der Waals surface area contributed by atoms with E-state index in [-0.39, 0.29) is 11.8 Å². The van der Waals surface area contributed by atoms with Crippen LogP contribution in [0.4, 0.5) is 0 Å². The maximum absolute atomic E-state index is 6.61. The van der Waals surface area contributed by atoms with Crippen LogP contribution in [-0.4, -0.2) is 24.5 Å². The SMILES string of the molecule is CC(C)c1cc(Oc2ccc3c4ccc(Oc5cc(Oc6cc(C(C)C)ccn6)cc(C(C)C)c5)cc4n(-c4ncccn4)c3c2)cc(Oc2cc(C(C)C)ccn2)c1. The van der Waals surface area contributed by atoms with Gasteiger partial charge in [-0.25, -0.2) is 19.9 Å². The first-order valence-electron chi connectivity index (χ1n) is 20.3. The molecule has 0 N–H and O–H groups in total. The van der Waals surface area contributed by atoms with Crippen LogP contribution in [0.1, 0.15) is 101 Å². The molecule has 0 fully saturated rings. The third kappa shape index (κ3) is 8.75. The average molecular weight is 784 g/mol. The minimum atomic E-state index is 0.248. The normalized spacial score (nSPS) is 11.7. The lowest BCUT2D eigenvalue weighted by Gasteiger charge is -2.15. The highest BCUT2D eigenvalue weighted by Crippen LogP contribution is 2.40. The van der Waals surface area contributed by atoms with Gasteiger partial charge >= 0.3 is 0 Å². The molecule has 298 valence electrons. The van der Waals surface area contributed by atoms with E-state index < -0.39 is 0 Å². The Hall–Kier alpha value is -6.74. The van der Waals surface area contributed by atoms with Gasteiger partial charge in [0, 0.05) is 72.0 Å². The molecule has 8 aromatic rings. The van der Waals surface area contributed by atoms with Crippen LogP contribution in [0.25, 0.3) is 27.8 Å². The predicted octanol–water partition coefficient (Wildman–Crippen LogP) is 14.0. The van der Waals surface area contributed by atoms with E-state index in [1.165, 1.54) is 0 Å². The summed E-state index contributed by atoms with van der Waals surface area (Å²) < 4.78 is 27.9. The molecule has 9 nitrogen and oxygen atoms in total. The van der Waals surface area contributed by atoms with Crippen LogP contribution in [-0.2, 0) is 0 Å². The Kier molecular flexibility index (Phi) is 11.0. The van der Waals surface area contributed by atoms with Crippen molar-refractivity contribution < 1.29 is 18.9 Å². The minimum Gasteiger partial charge on any atom is -0.457 e. The van der Waals surface area contributed by atoms with Crippen molar-refractivity contribution in [3.8, 4) is 52.2 Å². The summed E-state index contributed by atoms with van der Waals surface area (Å²) in [4.78, 5) is 18.3. The summed E-state index contributed by atoms with van der Waals surface area (Å²) in [5, 5.41) is 2.05. The van der Waals surface area contributed by atoms with Gasteiger partial charge in [-0.1, -0.05) is 55.4 Å². The quantitative estimate of drug-likeness (QED) is 0.114. The second kappa shape index (κ2) is 16.6. The number of fused-ring (bicyclic) bond motifs is 3. The lowest BCUT2D eigenvalue weighted by atomic mass is 10.0. The Morgan fingerprint density at radius 2 is 0.780 bits per heavy atom. The Balaban J connectivity index is 1.15. The van der Waals surface area contributed by atoms with E-state index in [4.69, 9.17) is 18.9 Å². The third-order valence-corrected chi connectivity index (χ3v) is 10.4. The van der Waals surface area contributed by atoms with Crippen LogP contribution >= 0.6 is 0 Å². The van der Waals surface area contributed by atoms with E-state index >= 15 is 0 Å². The van der Waals surface area contributed by atoms with Crippen LogP contribution in [0, 0.1) is 0 Å². The first kappa shape index (κ1) is 39.1. The fraction of sp³-hybridized carbons (Fsp3) is 0.240. The van der Waals surface area contributed by atoms with Gasteiger partial charge in [0.25, 0.3) is 0 Å². The van der Waals surface area contributed by atoms with Crippen LogP contribution in [0.15, 0.2) is 128 Å². The van der Waals surface area contributed by atoms with Crippen LogP contribution in [0.2, 0.25) is 0 Å². The maximum Gasteiger partial charge on any atom is 0.234 e. The largest absolute Gasteiger partial charge is 0.457 e. The number of nitrogens with zero attached hydrogens (tertiary/aromatic N) is 5. The van der Waals surface area contributed by atoms with Crippen molar-refractivity contribution in [2.75, 3.05) is 0 Å². The highest BCUT2D eigenvalue weighted by Gasteiger charge is 2.18. The molecule has 0 spiro atoms. The minimum absolute atomic E-state index is 0.248. The van der Waals surface area contributed by atoms with E-state index in [0.29, 0.717) is 64.0 Å². The van der Waals surface area contributed by atoms with Crippen LogP contribution in [0.3, 0.4) is 0 Å². The number of hydrogen-bond acceptors (Lipinski definition) is 8. The van der Waals surface area contributed by atoms with E-state index in [0.717, 1.165) is 44.1 Å². The molecule has 0 aliphatic rings. The Morgan fingerprint density at radius 3 is 1.19 bits per heavy atom. The number of hydrogen-bond donors (Lipinski definition) is 0. The van der Waals surface area contributed by atoms with Gasteiger partial charge in [-0.15, -0.1) is 0 Å². The Bertz CT molecular complexity index is 2590. The number of benzene rings is 4. The Morgan fingerprint density at radius 1 is 0.373 bits per heavy atom. The fourth-order valence-electron chi connectivity index (χ4n) is 7.01. The van der Waals surface area contributed by atoms with E-state index in [2.05, 4.69) is 99.6 Å². The van der Waals surface area contributed by atoms with Gasteiger partial charge in [-0.2, -0.15) is 0 Å². The molecule has 8 rings (SSSR count). The zero-order valence-corrected chi connectivity index (χ0v) is 34.8. The first-order valence-corrected chi connectivity index (χ1v) is 20.3. The summed E-state index contributed by atoms with van der Waals surface area (Å²) in [5.74, 6) is 6.81. The van der Waals surface area contributed by atoms with Crippen LogP contribution in [0.5, 0.6) is 46.3 Å². The molecule has 0 saturated carbocycles. The molecule has 0 saturated heterocycles.